The molecule has 4 rings (SSSR count). The molecule has 2 saturated heterocycles. The van der Waals surface area contributed by atoms with E-state index in [1.807, 2.05) is 18.2 Å². The molecule has 3 atom stereocenters. The normalized spacial score (nSPS) is 23.1. The Kier molecular flexibility index (Phi) is 6.11. The van der Waals surface area contributed by atoms with Crippen LogP contribution in [0.15, 0.2) is 48.5 Å². The summed E-state index contributed by atoms with van der Waals surface area (Å²) in [5, 5.41) is 0. The SMILES string of the molecule is COc1cccc(C(c2ccc(C(=O)N(C)C)cc2)N2CCC3CCC(C2)N3C)c1. The zero-order valence-corrected chi connectivity index (χ0v) is 18.5. The van der Waals surface area contributed by atoms with Crippen molar-refractivity contribution in [2.75, 3.05) is 41.3 Å². The van der Waals surface area contributed by atoms with Crippen LogP contribution in [0.3, 0.4) is 0 Å². The van der Waals surface area contributed by atoms with Crippen LogP contribution >= 0.6 is 0 Å². The fourth-order valence-electron chi connectivity index (χ4n) is 5.06. The minimum atomic E-state index is 0.0354. The number of carbonyl (C=O) groups excluding carboxylic acids is 1. The van der Waals surface area contributed by atoms with E-state index in [0.29, 0.717) is 12.1 Å². The average Bonchev–Trinajstić information content (AvgIpc) is 3.01. The van der Waals surface area contributed by atoms with Crippen LogP contribution in [0.5, 0.6) is 5.75 Å². The van der Waals surface area contributed by atoms with Gasteiger partial charge in [-0.2, -0.15) is 0 Å². The van der Waals surface area contributed by atoms with E-state index in [9.17, 15) is 4.79 Å². The van der Waals surface area contributed by atoms with E-state index in [-0.39, 0.29) is 11.9 Å². The van der Waals surface area contributed by atoms with Crippen molar-refractivity contribution in [3.8, 4) is 5.75 Å². The van der Waals surface area contributed by atoms with Crippen LogP contribution in [0.4, 0.5) is 0 Å². The fraction of sp³-hybridized carbons (Fsp3) is 0.480. The third-order valence-electron chi connectivity index (χ3n) is 6.83. The Labute approximate surface area is 180 Å². The van der Waals surface area contributed by atoms with E-state index in [2.05, 4.69) is 47.2 Å². The van der Waals surface area contributed by atoms with E-state index < -0.39 is 0 Å². The van der Waals surface area contributed by atoms with Crippen molar-refractivity contribution in [1.82, 2.24) is 14.7 Å². The molecule has 0 aromatic heterocycles. The van der Waals surface area contributed by atoms with Gasteiger partial charge in [0, 0.05) is 44.8 Å². The second kappa shape index (κ2) is 8.78. The van der Waals surface area contributed by atoms with Crippen molar-refractivity contribution in [1.29, 1.82) is 0 Å². The van der Waals surface area contributed by atoms with Gasteiger partial charge in [-0.25, -0.2) is 0 Å². The van der Waals surface area contributed by atoms with Crippen molar-refractivity contribution in [3.05, 3.63) is 65.2 Å². The van der Waals surface area contributed by atoms with Crippen molar-refractivity contribution >= 4 is 5.91 Å². The number of rotatable bonds is 5. The molecule has 2 aromatic rings. The molecule has 0 N–H and O–H groups in total. The first kappa shape index (κ1) is 20.9. The summed E-state index contributed by atoms with van der Waals surface area (Å²) >= 11 is 0. The van der Waals surface area contributed by atoms with Gasteiger partial charge in [-0.15, -0.1) is 0 Å². The standard InChI is InChI=1S/C25H33N3O2/c1-26(2)25(29)19-10-8-18(9-11-19)24(20-6-5-7-23(16-20)30-4)28-15-14-21-12-13-22(17-28)27(21)3/h5-11,16,21-22,24H,12-15,17H2,1-4H3. The Bertz CT molecular complexity index is 880. The molecule has 160 valence electrons. The number of likely N-dealkylation sites (tertiary alicyclic amines) is 1. The lowest BCUT2D eigenvalue weighted by Crippen LogP contribution is -2.38. The number of hydrogen-bond acceptors (Lipinski definition) is 4. The summed E-state index contributed by atoms with van der Waals surface area (Å²) in [6, 6.07) is 18.0. The Morgan fingerprint density at radius 3 is 2.47 bits per heavy atom. The zero-order chi connectivity index (χ0) is 21.3. The Morgan fingerprint density at radius 2 is 1.77 bits per heavy atom. The van der Waals surface area contributed by atoms with Crippen LogP contribution in [-0.2, 0) is 0 Å². The third kappa shape index (κ3) is 4.09. The largest absolute Gasteiger partial charge is 0.497 e. The molecular formula is C25H33N3O2. The first-order valence-corrected chi connectivity index (χ1v) is 10.9. The quantitative estimate of drug-likeness (QED) is 0.758. The monoisotopic (exact) mass is 407 g/mol. The van der Waals surface area contributed by atoms with E-state index in [4.69, 9.17) is 4.74 Å². The molecule has 3 unspecified atom stereocenters. The summed E-state index contributed by atoms with van der Waals surface area (Å²) in [5.41, 5.74) is 3.18. The van der Waals surface area contributed by atoms with Gasteiger partial charge in [-0.1, -0.05) is 24.3 Å². The van der Waals surface area contributed by atoms with Gasteiger partial charge in [0.25, 0.3) is 5.91 Å². The van der Waals surface area contributed by atoms with Gasteiger partial charge in [-0.3, -0.25) is 14.6 Å². The van der Waals surface area contributed by atoms with E-state index in [0.717, 1.165) is 24.4 Å². The number of amides is 1. The summed E-state index contributed by atoms with van der Waals surface area (Å²) < 4.78 is 5.52. The maximum atomic E-state index is 12.3. The molecule has 2 heterocycles. The summed E-state index contributed by atoms with van der Waals surface area (Å²) in [5.74, 6) is 0.915. The highest BCUT2D eigenvalue weighted by Gasteiger charge is 2.37. The molecule has 1 amide bonds. The van der Waals surface area contributed by atoms with Crippen LogP contribution < -0.4 is 4.74 Å². The number of carbonyl (C=O) groups is 1. The van der Waals surface area contributed by atoms with Gasteiger partial charge < -0.3 is 9.64 Å². The molecule has 2 aliphatic heterocycles. The van der Waals surface area contributed by atoms with Crippen molar-refractivity contribution in [2.45, 2.75) is 37.4 Å². The summed E-state index contributed by atoms with van der Waals surface area (Å²) in [4.78, 5) is 19.2. The van der Waals surface area contributed by atoms with Gasteiger partial charge in [0.1, 0.15) is 5.75 Å². The molecule has 2 aliphatic rings. The molecule has 30 heavy (non-hydrogen) atoms. The number of methoxy groups -OCH3 is 1. The molecule has 0 spiro atoms. The number of likely N-dealkylation sites (N-methyl/N-ethyl adjacent to an activating group) is 1. The molecular weight excluding hydrogens is 374 g/mol. The molecule has 5 heteroatoms. The topological polar surface area (TPSA) is 36.0 Å². The minimum Gasteiger partial charge on any atom is -0.497 e. The van der Waals surface area contributed by atoms with Crippen LogP contribution in [0.25, 0.3) is 0 Å². The van der Waals surface area contributed by atoms with Crippen LogP contribution in [0, 0.1) is 0 Å². The smallest absolute Gasteiger partial charge is 0.253 e. The van der Waals surface area contributed by atoms with Gasteiger partial charge in [0.2, 0.25) is 0 Å². The van der Waals surface area contributed by atoms with E-state index in [1.54, 1.807) is 26.1 Å². The van der Waals surface area contributed by atoms with E-state index in [1.165, 1.54) is 30.4 Å². The number of hydrogen-bond donors (Lipinski definition) is 0. The van der Waals surface area contributed by atoms with Gasteiger partial charge >= 0.3 is 0 Å². The fourth-order valence-corrected chi connectivity index (χ4v) is 5.06. The summed E-state index contributed by atoms with van der Waals surface area (Å²) in [7, 11) is 7.58. The van der Waals surface area contributed by atoms with Crippen LogP contribution in [-0.4, -0.2) is 74.0 Å². The van der Waals surface area contributed by atoms with Crippen LogP contribution in [0.1, 0.15) is 46.8 Å². The molecule has 2 fully saturated rings. The Balaban J connectivity index is 1.69. The Morgan fingerprint density at radius 1 is 1.03 bits per heavy atom. The molecule has 0 saturated carbocycles. The number of fused-ring (bicyclic) bond motifs is 2. The highest BCUT2D eigenvalue weighted by molar-refractivity contribution is 5.93. The second-order valence-corrected chi connectivity index (χ2v) is 8.83. The maximum absolute atomic E-state index is 12.3. The second-order valence-electron chi connectivity index (χ2n) is 8.83. The predicted octanol–water partition coefficient (Wildman–Crippen LogP) is 3.65. The lowest BCUT2D eigenvalue weighted by Gasteiger charge is -2.34. The first-order chi connectivity index (χ1) is 14.5. The highest BCUT2D eigenvalue weighted by atomic mass is 16.5. The zero-order valence-electron chi connectivity index (χ0n) is 18.5. The maximum Gasteiger partial charge on any atom is 0.253 e. The predicted molar refractivity (Wildman–Crippen MR) is 120 cm³/mol. The van der Waals surface area contributed by atoms with Crippen molar-refractivity contribution in [3.63, 3.8) is 0 Å². The minimum absolute atomic E-state index is 0.0354. The highest BCUT2D eigenvalue weighted by Crippen LogP contribution is 2.36. The first-order valence-electron chi connectivity index (χ1n) is 10.9. The van der Waals surface area contributed by atoms with Gasteiger partial charge in [0.05, 0.1) is 13.2 Å². The number of ether oxygens (including phenoxy) is 1. The number of benzene rings is 2. The van der Waals surface area contributed by atoms with E-state index >= 15 is 0 Å². The molecule has 5 nitrogen and oxygen atoms in total. The van der Waals surface area contributed by atoms with Gasteiger partial charge in [0.15, 0.2) is 0 Å². The third-order valence-corrected chi connectivity index (χ3v) is 6.83. The van der Waals surface area contributed by atoms with Crippen molar-refractivity contribution < 1.29 is 9.53 Å². The summed E-state index contributed by atoms with van der Waals surface area (Å²) in [6.07, 6.45) is 3.80. The molecule has 0 aliphatic carbocycles. The van der Waals surface area contributed by atoms with Crippen LogP contribution in [0.2, 0.25) is 0 Å². The molecule has 2 bridgehead atoms. The van der Waals surface area contributed by atoms with Gasteiger partial charge in [-0.05, 0) is 61.7 Å². The Hall–Kier alpha value is -2.37. The molecule has 2 aromatic carbocycles. The number of nitrogens with zero attached hydrogens (tertiary/aromatic N) is 3. The average molecular weight is 408 g/mol. The molecule has 0 radical (unpaired) electrons. The lowest BCUT2D eigenvalue weighted by molar-refractivity contribution is 0.0827. The van der Waals surface area contributed by atoms with Crippen molar-refractivity contribution in [2.24, 2.45) is 0 Å². The summed E-state index contributed by atoms with van der Waals surface area (Å²) in [6.45, 7) is 2.14. The lowest BCUT2D eigenvalue weighted by atomic mass is 9.94.